The number of carbonyl (C=O) groups excluding carboxylic acids is 2. The molecule has 2 unspecified atom stereocenters. The van der Waals surface area contributed by atoms with Gasteiger partial charge in [0.1, 0.15) is 12.7 Å². The zero-order valence-corrected chi connectivity index (χ0v) is 10.5. The Bertz CT molecular complexity index is 238. The van der Waals surface area contributed by atoms with Crippen LogP contribution in [0.3, 0.4) is 0 Å². The van der Waals surface area contributed by atoms with Crippen LogP contribution in [0.25, 0.3) is 0 Å². The molecule has 0 fully saturated rings. The summed E-state index contributed by atoms with van der Waals surface area (Å²) in [4.78, 5) is 22.3. The molecule has 0 radical (unpaired) electrons. The molecule has 0 aliphatic rings. The molecule has 0 aromatic heterocycles. The SMILES string of the molecule is CCCOCCOC(=O)C(C)OC(=O)C(C)O. The number of hydrogen-bond acceptors (Lipinski definition) is 6. The van der Waals surface area contributed by atoms with Crippen molar-refractivity contribution in [1.82, 2.24) is 0 Å². The third-order valence-corrected chi connectivity index (χ3v) is 1.79. The molecule has 6 nitrogen and oxygen atoms in total. The zero-order chi connectivity index (χ0) is 13.3. The van der Waals surface area contributed by atoms with E-state index in [0.717, 1.165) is 6.42 Å². The second kappa shape index (κ2) is 8.95. The van der Waals surface area contributed by atoms with Crippen LogP contribution in [0.1, 0.15) is 27.2 Å². The van der Waals surface area contributed by atoms with Crippen molar-refractivity contribution < 1.29 is 28.9 Å². The molecule has 0 saturated carbocycles. The predicted octanol–water partition coefficient (Wildman–Crippen LogP) is 0.269. The first-order chi connectivity index (χ1) is 7.99. The summed E-state index contributed by atoms with van der Waals surface area (Å²) in [6, 6.07) is 0. The maximum atomic E-state index is 11.3. The van der Waals surface area contributed by atoms with Crippen LogP contribution >= 0.6 is 0 Å². The van der Waals surface area contributed by atoms with Gasteiger partial charge in [-0.3, -0.25) is 0 Å². The van der Waals surface area contributed by atoms with E-state index < -0.39 is 24.1 Å². The molecule has 0 saturated heterocycles. The van der Waals surface area contributed by atoms with Gasteiger partial charge >= 0.3 is 11.9 Å². The Kier molecular flexibility index (Phi) is 8.35. The van der Waals surface area contributed by atoms with E-state index in [1.165, 1.54) is 13.8 Å². The fraction of sp³-hybridized carbons (Fsp3) is 0.818. The van der Waals surface area contributed by atoms with E-state index in [1.807, 2.05) is 6.92 Å². The molecule has 0 aliphatic carbocycles. The summed E-state index contributed by atoms with van der Waals surface area (Å²) >= 11 is 0. The van der Waals surface area contributed by atoms with Crippen molar-refractivity contribution in [2.24, 2.45) is 0 Å². The van der Waals surface area contributed by atoms with Gasteiger partial charge in [-0.1, -0.05) is 6.92 Å². The Morgan fingerprint density at radius 1 is 1.12 bits per heavy atom. The minimum absolute atomic E-state index is 0.120. The summed E-state index contributed by atoms with van der Waals surface area (Å²) in [5, 5.41) is 8.88. The van der Waals surface area contributed by atoms with Crippen molar-refractivity contribution in [1.29, 1.82) is 0 Å². The number of rotatable bonds is 8. The standard InChI is InChI=1S/C11H20O6/c1-4-5-15-6-7-16-11(14)9(3)17-10(13)8(2)12/h8-9,12H,4-7H2,1-3H3. The molecule has 0 amide bonds. The number of hydrogen-bond donors (Lipinski definition) is 1. The quantitative estimate of drug-likeness (QED) is 0.490. The molecule has 0 rings (SSSR count). The third-order valence-electron chi connectivity index (χ3n) is 1.79. The van der Waals surface area contributed by atoms with Crippen molar-refractivity contribution in [3.8, 4) is 0 Å². The summed E-state index contributed by atoms with van der Waals surface area (Å²) in [6.07, 6.45) is -1.38. The van der Waals surface area contributed by atoms with E-state index in [0.29, 0.717) is 13.2 Å². The summed E-state index contributed by atoms with van der Waals surface area (Å²) in [7, 11) is 0. The Morgan fingerprint density at radius 3 is 2.29 bits per heavy atom. The molecule has 17 heavy (non-hydrogen) atoms. The van der Waals surface area contributed by atoms with E-state index in [1.54, 1.807) is 0 Å². The monoisotopic (exact) mass is 248 g/mol. The van der Waals surface area contributed by atoms with Gasteiger partial charge in [-0.2, -0.15) is 0 Å². The van der Waals surface area contributed by atoms with Crippen molar-refractivity contribution in [3.63, 3.8) is 0 Å². The van der Waals surface area contributed by atoms with Gasteiger partial charge in [0.2, 0.25) is 0 Å². The summed E-state index contributed by atoms with van der Waals surface area (Å²) < 4.78 is 14.6. The van der Waals surface area contributed by atoms with Crippen molar-refractivity contribution in [3.05, 3.63) is 0 Å². The molecule has 0 aliphatic heterocycles. The summed E-state index contributed by atoms with van der Waals surface area (Å²) in [6.45, 7) is 5.67. The molecule has 100 valence electrons. The first-order valence-electron chi connectivity index (χ1n) is 5.62. The lowest BCUT2D eigenvalue weighted by Crippen LogP contribution is -2.31. The predicted molar refractivity (Wildman–Crippen MR) is 59.3 cm³/mol. The van der Waals surface area contributed by atoms with E-state index in [-0.39, 0.29) is 6.61 Å². The maximum absolute atomic E-state index is 11.3. The van der Waals surface area contributed by atoms with Crippen LogP contribution in [-0.4, -0.2) is 49.1 Å². The molecule has 0 aromatic rings. The molecule has 6 heteroatoms. The number of esters is 2. The largest absolute Gasteiger partial charge is 0.461 e. The Morgan fingerprint density at radius 2 is 1.76 bits per heavy atom. The van der Waals surface area contributed by atoms with Gasteiger partial charge in [0.05, 0.1) is 6.61 Å². The highest BCUT2D eigenvalue weighted by molar-refractivity contribution is 5.80. The average Bonchev–Trinajstić information content (AvgIpc) is 2.28. The number of aliphatic hydroxyl groups is 1. The van der Waals surface area contributed by atoms with Crippen LogP contribution in [0.4, 0.5) is 0 Å². The van der Waals surface area contributed by atoms with Crippen LogP contribution in [0.5, 0.6) is 0 Å². The summed E-state index contributed by atoms with van der Waals surface area (Å²) in [5.41, 5.74) is 0. The van der Waals surface area contributed by atoms with Crippen molar-refractivity contribution in [2.75, 3.05) is 19.8 Å². The van der Waals surface area contributed by atoms with Crippen LogP contribution in [-0.2, 0) is 23.8 Å². The highest BCUT2D eigenvalue weighted by atomic mass is 16.6. The Balaban J connectivity index is 3.71. The number of carbonyl (C=O) groups is 2. The van der Waals surface area contributed by atoms with Crippen LogP contribution in [0.15, 0.2) is 0 Å². The highest BCUT2D eigenvalue weighted by Gasteiger charge is 2.21. The fourth-order valence-corrected chi connectivity index (χ4v) is 0.886. The minimum atomic E-state index is -1.25. The van der Waals surface area contributed by atoms with Gasteiger partial charge in [0.15, 0.2) is 6.10 Å². The number of ether oxygens (including phenoxy) is 3. The highest BCUT2D eigenvalue weighted by Crippen LogP contribution is 1.98. The second-order valence-electron chi connectivity index (χ2n) is 3.53. The van der Waals surface area contributed by atoms with Gasteiger partial charge in [-0.25, -0.2) is 9.59 Å². The van der Waals surface area contributed by atoms with E-state index >= 15 is 0 Å². The molecule has 2 atom stereocenters. The Hall–Kier alpha value is -1.14. The first kappa shape index (κ1) is 15.9. The minimum Gasteiger partial charge on any atom is -0.461 e. The van der Waals surface area contributed by atoms with E-state index in [9.17, 15) is 9.59 Å². The van der Waals surface area contributed by atoms with Gasteiger partial charge < -0.3 is 19.3 Å². The van der Waals surface area contributed by atoms with Crippen molar-refractivity contribution in [2.45, 2.75) is 39.4 Å². The maximum Gasteiger partial charge on any atom is 0.347 e. The lowest BCUT2D eigenvalue weighted by molar-refractivity contribution is -0.172. The van der Waals surface area contributed by atoms with Crippen molar-refractivity contribution >= 4 is 11.9 Å². The molecular formula is C11H20O6. The lowest BCUT2D eigenvalue weighted by Gasteiger charge is -2.13. The smallest absolute Gasteiger partial charge is 0.347 e. The molecular weight excluding hydrogens is 228 g/mol. The van der Waals surface area contributed by atoms with E-state index in [4.69, 9.17) is 14.6 Å². The van der Waals surface area contributed by atoms with Gasteiger partial charge in [0.25, 0.3) is 0 Å². The van der Waals surface area contributed by atoms with Gasteiger partial charge in [-0.15, -0.1) is 0 Å². The first-order valence-corrected chi connectivity index (χ1v) is 5.62. The Labute approximate surface area is 101 Å². The van der Waals surface area contributed by atoms with Gasteiger partial charge in [0, 0.05) is 6.61 Å². The zero-order valence-electron chi connectivity index (χ0n) is 10.5. The molecule has 0 bridgehead atoms. The summed E-state index contributed by atoms with van der Waals surface area (Å²) in [5.74, 6) is -1.50. The third kappa shape index (κ3) is 7.70. The normalized spacial score (nSPS) is 13.9. The topological polar surface area (TPSA) is 82.1 Å². The van der Waals surface area contributed by atoms with E-state index in [2.05, 4.69) is 4.74 Å². The molecule has 1 N–H and O–H groups in total. The molecule has 0 heterocycles. The van der Waals surface area contributed by atoms with Crippen LogP contribution in [0.2, 0.25) is 0 Å². The number of aliphatic hydroxyl groups excluding tert-OH is 1. The molecule has 0 aromatic carbocycles. The average molecular weight is 248 g/mol. The van der Waals surface area contributed by atoms with Crippen LogP contribution < -0.4 is 0 Å². The van der Waals surface area contributed by atoms with Gasteiger partial charge in [-0.05, 0) is 20.3 Å². The second-order valence-corrected chi connectivity index (χ2v) is 3.53. The molecule has 0 spiro atoms. The fourth-order valence-electron chi connectivity index (χ4n) is 0.886. The lowest BCUT2D eigenvalue weighted by atomic mass is 10.4. The van der Waals surface area contributed by atoms with Crippen LogP contribution in [0, 0.1) is 0 Å².